The molecule has 4 aliphatic rings. The van der Waals surface area contributed by atoms with E-state index < -0.39 is 109 Å². The molecule has 6 N–H and O–H groups in total. The van der Waals surface area contributed by atoms with E-state index in [4.69, 9.17) is 53.5 Å². The Morgan fingerprint density at radius 1 is 0.633 bits per heavy atom. The number of hydroxylamine groups is 4. The van der Waals surface area contributed by atoms with Crippen molar-refractivity contribution in [2.45, 2.75) is 130 Å². The minimum atomic E-state index is -2.35. The van der Waals surface area contributed by atoms with Crippen LogP contribution in [0.1, 0.15) is 105 Å². The van der Waals surface area contributed by atoms with Crippen LogP contribution in [0.5, 0.6) is 0 Å². The van der Waals surface area contributed by atoms with Gasteiger partial charge in [-0.1, -0.05) is 102 Å². The Kier molecular flexibility index (Phi) is 26.1. The van der Waals surface area contributed by atoms with E-state index in [0.717, 1.165) is 27.8 Å². The summed E-state index contributed by atoms with van der Waals surface area (Å²) in [4.78, 5) is 141. The summed E-state index contributed by atoms with van der Waals surface area (Å²) in [5.41, 5.74) is 11.0. The molecular formula is C57H69N8NaO20S2Si2. The van der Waals surface area contributed by atoms with Crippen molar-refractivity contribution in [3.05, 3.63) is 162 Å². The fraction of sp³-hybridized carbons (Fsp3) is 0.404. The number of aromatic nitrogens is 2. The van der Waals surface area contributed by atoms with Gasteiger partial charge in [0.1, 0.15) is 30.0 Å². The van der Waals surface area contributed by atoms with Crippen LogP contribution in [0.2, 0.25) is 36.3 Å². The van der Waals surface area contributed by atoms with Gasteiger partial charge in [0.2, 0.25) is 16.6 Å². The van der Waals surface area contributed by atoms with Crippen LogP contribution in [0.15, 0.2) is 108 Å². The third-order valence-electron chi connectivity index (χ3n) is 15.6. The standard InChI is InChI=1S/C41H54N4O8SSi2.C16H16N4O8S.Na.2O2/c1-39(2,3)55(8,9)52-43-34(46)29-22-23-42-30(24-29)25-31-35(47)45-33(37(48)51-32(27-18-14-12-15-19-27)28-20-16-13-17-21-28)41(7,54-36(31)45)26-50-38(49)44-53-56(10,11)40(4,5)6;1-16(6-28-15(25)19-27)10(14(23)24)20-12(22)9(13(20)29-16)5-8-4-7(2-3-17-8)11(21)18-26;;2*1-2/h12-25,32-33,36H,26H2,1-11H3,(H,43,46)(H,44,49);2-5,10,13,26-27H,6H2,1H3,(H,18,21)(H,19,25)(H,23,24);;;/q;;+1;;/p-1/b31-25-;9-5-;;;/t33-,36?,41-;10-,13?,16-;;;/m00.../s1. The number of carbonyl (C=O) groups excluding carboxylic acids is 8. The number of benzene rings is 2. The molecule has 6 amide bonds. The van der Waals surface area contributed by atoms with Crippen molar-refractivity contribution in [1.29, 1.82) is 0 Å². The molecule has 0 saturated carbocycles. The SMILES string of the molecule is CC(C)(C)[Si](C)(C)ONC(=O)OC[C@]1(C)SC2/C(=C\c3cc(C(=O)NO[Si](C)(C)C(C)(C)C)ccn3)C(=O)N2[C@H]1C(=O)OC(c1ccccc1)c1ccccc1.C[C@@]1(COC(=O)NO)SC2/C(=C\c3cc(C(=O)NO)ccn3)C(=O)N2[C@H]1C(=O)[O-].O=O.O=O.[Na+]. The number of nitrogens with one attached hydrogen (secondary N) is 4. The molecule has 4 aliphatic heterocycles. The van der Waals surface area contributed by atoms with Crippen molar-refractivity contribution in [2.75, 3.05) is 13.2 Å². The van der Waals surface area contributed by atoms with Crippen LogP contribution in [0, 0.1) is 19.9 Å². The average Bonchev–Trinajstić information content (AvgIpc) is 1.56. The van der Waals surface area contributed by atoms with Gasteiger partial charge < -0.3 is 43.0 Å². The third kappa shape index (κ3) is 17.2. The van der Waals surface area contributed by atoms with E-state index in [1.54, 1.807) is 25.1 Å². The summed E-state index contributed by atoms with van der Waals surface area (Å²) in [5.74, 6) is -4.30. The van der Waals surface area contributed by atoms with Crippen LogP contribution < -0.4 is 56.6 Å². The second kappa shape index (κ2) is 31.2. The van der Waals surface area contributed by atoms with E-state index in [1.807, 2.05) is 108 Å². The number of hydrogen-bond donors (Lipinski definition) is 6. The van der Waals surface area contributed by atoms with Gasteiger partial charge in [-0.3, -0.25) is 39.6 Å². The fourth-order valence-electron chi connectivity index (χ4n) is 8.75. The number of ether oxygens (including phenoxy) is 3. The number of fused-ring (bicyclic) bond motifs is 2. The first kappa shape index (κ1) is 75.2. The summed E-state index contributed by atoms with van der Waals surface area (Å²) < 4.78 is 26.2. The smallest absolute Gasteiger partial charge is 0.548 e. The maximum atomic E-state index is 14.5. The number of rotatable bonds is 17. The summed E-state index contributed by atoms with van der Waals surface area (Å²) in [5, 5.41) is 27.4. The number of nitrogens with zero attached hydrogens (tertiary/aromatic N) is 4. The Labute approximate surface area is 550 Å². The summed E-state index contributed by atoms with van der Waals surface area (Å²) in [6.07, 6.45) is 3.11. The maximum Gasteiger partial charge on any atom is 1.00 e. The average molecular weight is 1330 g/mol. The van der Waals surface area contributed by atoms with Gasteiger partial charge in [-0.2, -0.15) is 0 Å². The molecule has 4 saturated heterocycles. The van der Waals surface area contributed by atoms with Gasteiger partial charge in [0.15, 0.2) is 6.10 Å². The maximum absolute atomic E-state index is 14.5. The van der Waals surface area contributed by atoms with Gasteiger partial charge in [0.25, 0.3) is 23.6 Å². The molecule has 6 atom stereocenters. The molecule has 90 heavy (non-hydrogen) atoms. The molecule has 4 fully saturated rings. The van der Waals surface area contributed by atoms with E-state index in [1.165, 1.54) is 65.1 Å². The molecule has 28 nitrogen and oxygen atoms in total. The van der Waals surface area contributed by atoms with Crippen LogP contribution in [0.4, 0.5) is 9.59 Å². The van der Waals surface area contributed by atoms with Gasteiger partial charge in [0, 0.05) is 43.4 Å². The number of hydrogen-bond acceptors (Lipinski definition) is 24. The van der Waals surface area contributed by atoms with Crippen LogP contribution in [0.25, 0.3) is 12.2 Å². The van der Waals surface area contributed by atoms with Crippen molar-refractivity contribution in [3.63, 3.8) is 0 Å². The monoisotopic (exact) mass is 1330 g/mol. The molecule has 33 heteroatoms. The molecule has 2 aromatic carbocycles. The summed E-state index contributed by atoms with van der Waals surface area (Å²) in [6, 6.07) is 22.1. The predicted molar refractivity (Wildman–Crippen MR) is 329 cm³/mol. The molecule has 2 unspecified atom stereocenters. The van der Waals surface area contributed by atoms with E-state index in [9.17, 15) is 43.5 Å². The van der Waals surface area contributed by atoms with Crippen LogP contribution >= 0.6 is 23.5 Å². The minimum Gasteiger partial charge on any atom is -0.548 e. The first-order valence-electron chi connectivity index (χ1n) is 27.1. The van der Waals surface area contributed by atoms with Gasteiger partial charge in [-0.15, -0.1) is 23.5 Å². The number of thioether (sulfide) groups is 2. The molecule has 8 rings (SSSR count). The van der Waals surface area contributed by atoms with Crippen molar-refractivity contribution in [2.24, 2.45) is 0 Å². The molecule has 4 aromatic rings. The zero-order valence-electron chi connectivity index (χ0n) is 51.5. The number of β-lactam (4-membered cyclic amide) rings is 2. The Morgan fingerprint density at radius 3 is 1.44 bits per heavy atom. The number of carboxylic acid groups (broad SMARTS) is 1. The zero-order valence-corrected chi connectivity index (χ0v) is 57.2. The molecule has 478 valence electrons. The van der Waals surface area contributed by atoms with Crippen LogP contribution in [-0.2, 0) is 42.4 Å². The van der Waals surface area contributed by atoms with Crippen molar-refractivity contribution < 1.29 is 107 Å². The molecule has 0 aliphatic carbocycles. The molecule has 0 spiro atoms. The van der Waals surface area contributed by atoms with Gasteiger partial charge in [-0.25, -0.2) is 36.3 Å². The largest absolute Gasteiger partial charge is 1.00 e. The number of esters is 1. The normalized spacial score (nSPS) is 21.5. The fourth-order valence-corrected chi connectivity index (χ4v) is 13.3. The quantitative estimate of drug-likeness (QED) is 0.0166. The van der Waals surface area contributed by atoms with E-state index in [-0.39, 0.29) is 63.1 Å². The van der Waals surface area contributed by atoms with Gasteiger partial charge in [-0.05, 0) is 97.7 Å². The molecule has 0 radical (unpaired) electrons. The van der Waals surface area contributed by atoms with Crippen molar-refractivity contribution >= 4 is 100 Å². The first-order valence-corrected chi connectivity index (χ1v) is 34.6. The Balaban J connectivity index is 0.000000427. The van der Waals surface area contributed by atoms with E-state index >= 15 is 0 Å². The van der Waals surface area contributed by atoms with Crippen LogP contribution in [-0.4, -0.2) is 140 Å². The Morgan fingerprint density at radius 2 is 1.03 bits per heavy atom. The molecule has 6 heterocycles. The molecule has 2 aromatic heterocycles. The molecular weight excluding hydrogens is 1260 g/mol. The third-order valence-corrected chi connectivity index (χ3v) is 27.2. The number of aliphatic carboxylic acids is 1. The number of pyridine rings is 2. The van der Waals surface area contributed by atoms with Crippen molar-refractivity contribution in [1.82, 2.24) is 41.7 Å². The minimum absolute atomic E-state index is 0. The van der Waals surface area contributed by atoms with Crippen LogP contribution in [0.3, 0.4) is 0 Å². The van der Waals surface area contributed by atoms with Crippen molar-refractivity contribution in [3.8, 4) is 0 Å². The second-order valence-electron chi connectivity index (χ2n) is 23.9. The zero-order chi connectivity index (χ0) is 66.6. The second-order valence-corrected chi connectivity index (χ2v) is 36.5. The van der Waals surface area contributed by atoms with E-state index in [2.05, 4.69) is 41.7 Å². The Hall–Kier alpha value is -7.25. The summed E-state index contributed by atoms with van der Waals surface area (Å²) >= 11 is 2.40. The topological polar surface area (TPSA) is 395 Å². The number of amides is 6. The number of carboxylic acids is 1. The summed E-state index contributed by atoms with van der Waals surface area (Å²) in [7, 11) is -4.61. The molecule has 0 bridgehead atoms. The van der Waals surface area contributed by atoms with E-state index in [0.29, 0.717) is 16.8 Å². The van der Waals surface area contributed by atoms with Gasteiger partial charge in [0.05, 0.1) is 44.0 Å². The number of carbonyl (C=O) groups is 8. The first-order chi connectivity index (χ1) is 41.8. The Bertz CT molecular complexity index is 3300. The van der Waals surface area contributed by atoms with Gasteiger partial charge >= 0.3 is 47.7 Å². The predicted octanol–water partition coefficient (Wildman–Crippen LogP) is 3.80. The summed E-state index contributed by atoms with van der Waals surface area (Å²) in [6.45, 7) is 23.1.